The molecule has 0 unspecified atom stereocenters. The van der Waals surface area contributed by atoms with Crippen molar-refractivity contribution in [2.24, 2.45) is 0 Å². The summed E-state index contributed by atoms with van der Waals surface area (Å²) in [5.74, 6) is -0.920. The summed E-state index contributed by atoms with van der Waals surface area (Å²) in [6, 6.07) is 14.9. The summed E-state index contributed by atoms with van der Waals surface area (Å²) in [5.41, 5.74) is 2.66. The fourth-order valence-electron chi connectivity index (χ4n) is 3.47. The molecule has 1 aromatic heterocycles. The minimum Gasteiger partial charge on any atom is -0.324 e. The first-order valence-corrected chi connectivity index (χ1v) is 10.5. The van der Waals surface area contributed by atoms with E-state index < -0.39 is 11.7 Å². The Morgan fingerprint density at radius 2 is 1.76 bits per heavy atom. The highest BCUT2D eigenvalue weighted by molar-refractivity contribution is 6.33. The van der Waals surface area contributed by atoms with Gasteiger partial charge in [0.1, 0.15) is 17.7 Å². The summed E-state index contributed by atoms with van der Waals surface area (Å²) in [5, 5.41) is 15.5. The van der Waals surface area contributed by atoms with Crippen LogP contribution in [-0.4, -0.2) is 41.4 Å². The monoisotopic (exact) mass is 467 g/mol. The van der Waals surface area contributed by atoms with E-state index in [0.717, 1.165) is 0 Å². The Kier molecular flexibility index (Phi) is 7.48. The zero-order valence-electron chi connectivity index (χ0n) is 18.4. The molecule has 7 nitrogen and oxygen atoms in total. The molecule has 9 heteroatoms. The number of carbonyl (C=O) groups excluding carboxylic acids is 2. The van der Waals surface area contributed by atoms with Crippen molar-refractivity contribution in [2.45, 2.75) is 13.8 Å². The lowest BCUT2D eigenvalue weighted by atomic mass is 10.2. The first-order chi connectivity index (χ1) is 15.7. The van der Waals surface area contributed by atoms with E-state index in [1.54, 1.807) is 61.9 Å². The number of nitrogens with zero attached hydrogens (tertiary/aromatic N) is 3. The van der Waals surface area contributed by atoms with Gasteiger partial charge in [0.15, 0.2) is 0 Å². The Morgan fingerprint density at radius 3 is 2.39 bits per heavy atom. The van der Waals surface area contributed by atoms with Gasteiger partial charge < -0.3 is 10.6 Å². The summed E-state index contributed by atoms with van der Waals surface area (Å²) in [4.78, 5) is 26.6. The Balaban J connectivity index is 1.73. The van der Waals surface area contributed by atoms with Crippen LogP contribution in [0, 0.1) is 31.0 Å². The van der Waals surface area contributed by atoms with Crippen molar-refractivity contribution < 1.29 is 14.0 Å². The van der Waals surface area contributed by atoms with Gasteiger partial charge in [-0.05, 0) is 56.8 Å². The van der Waals surface area contributed by atoms with Crippen LogP contribution in [-0.2, 0) is 9.59 Å². The number of amides is 2. The van der Waals surface area contributed by atoms with Crippen LogP contribution in [0.15, 0.2) is 48.5 Å². The normalized spacial score (nSPS) is 10.7. The largest absolute Gasteiger partial charge is 0.324 e. The Hall–Kier alpha value is -3.67. The van der Waals surface area contributed by atoms with Gasteiger partial charge in [0, 0.05) is 5.69 Å². The SMILES string of the molecule is Cc1c(C#N)c(NC(=O)CN(C)CC(=O)Nc2ccccc2Cl)n(-c2cccc(F)c2)c1C. The number of hydrogen-bond donors (Lipinski definition) is 2. The van der Waals surface area contributed by atoms with Crippen molar-refractivity contribution in [3.8, 4) is 11.8 Å². The van der Waals surface area contributed by atoms with Gasteiger partial charge in [0.05, 0.1) is 35.1 Å². The number of rotatable bonds is 7. The number of hydrogen-bond acceptors (Lipinski definition) is 4. The molecule has 0 radical (unpaired) electrons. The molecule has 3 rings (SSSR count). The summed E-state index contributed by atoms with van der Waals surface area (Å²) >= 11 is 6.05. The van der Waals surface area contributed by atoms with Crippen LogP contribution in [0.1, 0.15) is 16.8 Å². The maximum absolute atomic E-state index is 13.8. The van der Waals surface area contributed by atoms with Crippen LogP contribution in [0.4, 0.5) is 15.9 Å². The molecule has 1 heterocycles. The van der Waals surface area contributed by atoms with Crippen LogP contribution in [0.3, 0.4) is 0 Å². The van der Waals surface area contributed by atoms with Gasteiger partial charge in [-0.25, -0.2) is 4.39 Å². The number of halogens is 2. The average molecular weight is 468 g/mol. The number of anilines is 2. The van der Waals surface area contributed by atoms with E-state index in [0.29, 0.717) is 33.2 Å². The molecule has 3 aromatic rings. The number of aromatic nitrogens is 1. The predicted octanol–water partition coefficient (Wildman–Crippen LogP) is 4.27. The third kappa shape index (κ3) is 5.58. The number of para-hydroxylation sites is 1. The molecule has 0 fully saturated rings. The Morgan fingerprint density at radius 1 is 1.09 bits per heavy atom. The second-order valence-electron chi connectivity index (χ2n) is 7.61. The van der Waals surface area contributed by atoms with Crippen molar-refractivity contribution in [1.29, 1.82) is 5.26 Å². The van der Waals surface area contributed by atoms with E-state index in [4.69, 9.17) is 11.6 Å². The molecule has 0 aliphatic rings. The molecule has 170 valence electrons. The molecule has 2 aromatic carbocycles. The highest BCUT2D eigenvalue weighted by Crippen LogP contribution is 2.30. The molecular formula is C24H23ClFN5O2. The molecule has 0 aliphatic carbocycles. The zero-order chi connectivity index (χ0) is 24.1. The molecule has 2 amide bonds. The maximum Gasteiger partial charge on any atom is 0.239 e. The molecule has 0 spiro atoms. The summed E-state index contributed by atoms with van der Waals surface area (Å²) in [6.07, 6.45) is 0. The van der Waals surface area contributed by atoms with Crippen LogP contribution in [0.25, 0.3) is 5.69 Å². The van der Waals surface area contributed by atoms with Crippen molar-refractivity contribution in [3.63, 3.8) is 0 Å². The second-order valence-corrected chi connectivity index (χ2v) is 8.02. The fraction of sp³-hybridized carbons (Fsp3) is 0.208. The fourth-order valence-corrected chi connectivity index (χ4v) is 3.65. The van der Waals surface area contributed by atoms with E-state index in [1.165, 1.54) is 17.0 Å². The number of benzene rings is 2. The van der Waals surface area contributed by atoms with Crippen LogP contribution < -0.4 is 10.6 Å². The lowest BCUT2D eigenvalue weighted by molar-refractivity contribution is -0.119. The molecule has 0 saturated heterocycles. The third-order valence-electron chi connectivity index (χ3n) is 5.12. The lowest BCUT2D eigenvalue weighted by Crippen LogP contribution is -2.36. The minimum atomic E-state index is -0.432. The topological polar surface area (TPSA) is 90.2 Å². The van der Waals surface area contributed by atoms with Crippen molar-refractivity contribution in [2.75, 3.05) is 30.8 Å². The summed E-state index contributed by atoms with van der Waals surface area (Å²) < 4.78 is 15.5. The van der Waals surface area contributed by atoms with Crippen LogP contribution in [0.5, 0.6) is 0 Å². The number of nitrogens with one attached hydrogen (secondary N) is 2. The van der Waals surface area contributed by atoms with Crippen molar-refractivity contribution in [1.82, 2.24) is 9.47 Å². The quantitative estimate of drug-likeness (QED) is 0.543. The number of likely N-dealkylation sites (N-methyl/N-ethyl adjacent to an activating group) is 1. The average Bonchev–Trinajstić information content (AvgIpc) is 2.98. The highest BCUT2D eigenvalue weighted by atomic mass is 35.5. The van der Waals surface area contributed by atoms with Gasteiger partial charge in [-0.2, -0.15) is 5.26 Å². The smallest absolute Gasteiger partial charge is 0.239 e. The van der Waals surface area contributed by atoms with Crippen molar-refractivity contribution in [3.05, 3.63) is 76.2 Å². The van der Waals surface area contributed by atoms with Gasteiger partial charge in [0.25, 0.3) is 0 Å². The van der Waals surface area contributed by atoms with E-state index in [-0.39, 0.29) is 24.8 Å². The Bertz CT molecular complexity index is 1250. The molecule has 0 bridgehead atoms. The minimum absolute atomic E-state index is 0.0489. The predicted molar refractivity (Wildman–Crippen MR) is 126 cm³/mol. The number of nitriles is 1. The maximum atomic E-state index is 13.8. The second kappa shape index (κ2) is 10.3. The van der Waals surface area contributed by atoms with Crippen LogP contribution >= 0.6 is 11.6 Å². The molecule has 0 saturated carbocycles. The van der Waals surface area contributed by atoms with Crippen LogP contribution in [0.2, 0.25) is 5.02 Å². The first kappa shape index (κ1) is 24.0. The Labute approximate surface area is 196 Å². The molecule has 33 heavy (non-hydrogen) atoms. The van der Waals surface area contributed by atoms with E-state index in [2.05, 4.69) is 16.7 Å². The third-order valence-corrected chi connectivity index (χ3v) is 5.45. The molecular weight excluding hydrogens is 445 g/mol. The summed E-state index contributed by atoms with van der Waals surface area (Å²) in [7, 11) is 1.62. The zero-order valence-corrected chi connectivity index (χ0v) is 19.2. The standard InChI is InChI=1S/C24H23ClFN5O2/c1-15-16(2)31(18-8-6-7-17(26)11-18)24(19(15)12-27)29-23(33)14-30(3)13-22(32)28-21-10-5-4-9-20(21)25/h4-11H,13-14H2,1-3H3,(H,28,32)(H,29,33). The first-order valence-electron chi connectivity index (χ1n) is 10.1. The van der Waals surface area contributed by atoms with E-state index >= 15 is 0 Å². The molecule has 0 aliphatic heterocycles. The van der Waals surface area contributed by atoms with Gasteiger partial charge in [-0.3, -0.25) is 19.1 Å². The van der Waals surface area contributed by atoms with Gasteiger partial charge in [-0.15, -0.1) is 0 Å². The number of carbonyl (C=O) groups is 2. The van der Waals surface area contributed by atoms with E-state index in [9.17, 15) is 19.2 Å². The van der Waals surface area contributed by atoms with Crippen molar-refractivity contribution >= 4 is 34.9 Å². The van der Waals surface area contributed by atoms with Gasteiger partial charge >= 0.3 is 0 Å². The molecule has 0 atom stereocenters. The molecule has 2 N–H and O–H groups in total. The van der Waals surface area contributed by atoms with E-state index in [1.807, 2.05) is 0 Å². The lowest BCUT2D eigenvalue weighted by Gasteiger charge is -2.18. The van der Waals surface area contributed by atoms with Gasteiger partial charge in [-0.1, -0.05) is 29.8 Å². The highest BCUT2D eigenvalue weighted by Gasteiger charge is 2.22. The summed E-state index contributed by atoms with van der Waals surface area (Å²) in [6.45, 7) is 3.41. The van der Waals surface area contributed by atoms with Gasteiger partial charge in [0.2, 0.25) is 11.8 Å².